The van der Waals surface area contributed by atoms with E-state index in [2.05, 4.69) is 132 Å². The summed E-state index contributed by atoms with van der Waals surface area (Å²) in [4.78, 5) is 6.42. The minimum Gasteiger partial charge on any atom is -0.341 e. The molecule has 9 rings (SSSR count). The number of fused-ring (bicyclic) bond motifs is 9. The largest absolute Gasteiger partial charge is 0.341 e. The van der Waals surface area contributed by atoms with Gasteiger partial charge >= 0.3 is 0 Å². The van der Waals surface area contributed by atoms with Crippen LogP contribution in [-0.4, -0.2) is 19.2 Å². The molecule has 0 unspecified atom stereocenters. The van der Waals surface area contributed by atoms with E-state index in [0.717, 1.165) is 45.5 Å². The fourth-order valence-electron chi connectivity index (χ4n) is 6.51. The summed E-state index contributed by atoms with van der Waals surface area (Å²) < 4.78 is 5.63. The SMILES string of the molecule is CCn1c2ccccc2c2cc(-c3cccc(-c4c[c-]c5c(c4)c4cc(-c6ccccc6)sc4c4ccnn54)n3)ccc21.[Ir]. The molecule has 1 radical (unpaired) electrons. The zero-order valence-corrected chi connectivity index (χ0v) is 27.0. The second kappa shape index (κ2) is 10.5. The summed E-state index contributed by atoms with van der Waals surface area (Å²) in [6.45, 7) is 3.14. The number of benzene rings is 4. The number of aryl methyl sites for hydroxylation is 1. The van der Waals surface area contributed by atoms with Gasteiger partial charge in [-0.05, 0) is 60.5 Å². The molecule has 0 saturated carbocycles. The summed E-state index contributed by atoms with van der Waals surface area (Å²) in [7, 11) is 0. The molecule has 0 amide bonds. The molecule has 0 fully saturated rings. The molecule has 5 aromatic heterocycles. The second-order valence-corrected chi connectivity index (χ2v) is 12.0. The summed E-state index contributed by atoms with van der Waals surface area (Å²) in [5.41, 5.74) is 9.88. The molecular formula is C38H25IrN4S-. The molecule has 5 heterocycles. The van der Waals surface area contributed by atoms with Crippen LogP contribution in [0.4, 0.5) is 0 Å². The molecule has 0 bridgehead atoms. The first kappa shape index (κ1) is 27.0. The van der Waals surface area contributed by atoms with E-state index in [1.807, 2.05) is 28.1 Å². The summed E-state index contributed by atoms with van der Waals surface area (Å²) >= 11 is 1.81. The monoisotopic (exact) mass is 762 g/mol. The van der Waals surface area contributed by atoms with Crippen molar-refractivity contribution in [2.45, 2.75) is 13.5 Å². The van der Waals surface area contributed by atoms with E-state index in [0.29, 0.717) is 0 Å². The second-order valence-electron chi connectivity index (χ2n) is 10.9. The first-order chi connectivity index (χ1) is 21.3. The van der Waals surface area contributed by atoms with Crippen LogP contribution in [0.2, 0.25) is 0 Å². The average Bonchev–Trinajstić information content (AvgIpc) is 3.81. The average molecular weight is 762 g/mol. The van der Waals surface area contributed by atoms with Crippen LogP contribution < -0.4 is 0 Å². The van der Waals surface area contributed by atoms with Gasteiger partial charge in [-0.2, -0.15) is 23.3 Å². The van der Waals surface area contributed by atoms with Crippen LogP contribution in [0.15, 0.2) is 121 Å². The number of hydrogen-bond donors (Lipinski definition) is 0. The normalized spacial score (nSPS) is 11.7. The Hall–Kier alpha value is -4.61. The molecule has 213 valence electrons. The standard InChI is InChI=1S/C38H25N4S.Ir/c1-2-41-33-14-7-6-11-27(33)28-21-25(15-17-34(28)41)31-12-8-13-32(40-31)26-16-18-35-29(22-26)30-23-37(24-9-4-3-5-10-24)43-38(30)36-19-20-39-42(35)36;/h3-17,19-23H,2H2,1H3;/q-1;. The molecule has 4 nitrogen and oxygen atoms in total. The Morgan fingerprint density at radius 1 is 0.659 bits per heavy atom. The van der Waals surface area contributed by atoms with Crippen molar-refractivity contribution >= 4 is 59.6 Å². The number of rotatable bonds is 4. The molecule has 0 atom stereocenters. The minimum atomic E-state index is 0. The predicted octanol–water partition coefficient (Wildman–Crippen LogP) is 10.0. The van der Waals surface area contributed by atoms with Crippen molar-refractivity contribution in [1.82, 2.24) is 19.2 Å². The van der Waals surface area contributed by atoms with Gasteiger partial charge in [-0.15, -0.1) is 22.3 Å². The fourth-order valence-corrected chi connectivity index (χ4v) is 7.70. The Morgan fingerprint density at radius 2 is 1.43 bits per heavy atom. The van der Waals surface area contributed by atoms with Crippen LogP contribution in [-0.2, 0) is 26.7 Å². The van der Waals surface area contributed by atoms with Crippen LogP contribution >= 0.6 is 11.3 Å². The van der Waals surface area contributed by atoms with Crippen LogP contribution in [0.1, 0.15) is 6.92 Å². The van der Waals surface area contributed by atoms with Gasteiger partial charge in [0.05, 0.1) is 11.2 Å². The van der Waals surface area contributed by atoms with E-state index in [-0.39, 0.29) is 20.1 Å². The van der Waals surface area contributed by atoms with Gasteiger partial charge in [-0.1, -0.05) is 66.0 Å². The van der Waals surface area contributed by atoms with Gasteiger partial charge in [-0.3, -0.25) is 9.50 Å². The number of pyridine rings is 2. The van der Waals surface area contributed by atoms with E-state index >= 15 is 0 Å². The molecule has 4 aromatic carbocycles. The van der Waals surface area contributed by atoms with Crippen molar-refractivity contribution in [3.63, 3.8) is 0 Å². The van der Waals surface area contributed by atoms with Crippen molar-refractivity contribution in [3.05, 3.63) is 128 Å². The summed E-state index contributed by atoms with van der Waals surface area (Å²) in [6, 6.07) is 44.5. The van der Waals surface area contributed by atoms with Gasteiger partial charge in [0.1, 0.15) is 0 Å². The Bertz CT molecular complexity index is 2500. The fraction of sp³-hybridized carbons (Fsp3) is 0.0526. The zero-order chi connectivity index (χ0) is 28.5. The molecule has 0 aliphatic carbocycles. The van der Waals surface area contributed by atoms with Gasteiger partial charge in [-0.25, -0.2) is 0 Å². The topological polar surface area (TPSA) is 35.1 Å². The Labute approximate surface area is 271 Å². The number of hydrogen-bond acceptors (Lipinski definition) is 3. The number of nitrogens with zero attached hydrogens (tertiary/aromatic N) is 4. The Kier molecular flexibility index (Phi) is 6.46. The van der Waals surface area contributed by atoms with Gasteiger partial charge in [0, 0.05) is 75.5 Å². The van der Waals surface area contributed by atoms with Crippen LogP contribution in [0, 0.1) is 6.07 Å². The minimum absolute atomic E-state index is 0. The number of para-hydroxylation sites is 1. The predicted molar refractivity (Wildman–Crippen MR) is 180 cm³/mol. The molecule has 6 heteroatoms. The van der Waals surface area contributed by atoms with E-state index in [9.17, 15) is 0 Å². The van der Waals surface area contributed by atoms with Crippen LogP contribution in [0.3, 0.4) is 0 Å². The maximum Gasteiger partial charge on any atom is 0.0811 e. The van der Waals surface area contributed by atoms with Crippen molar-refractivity contribution in [2.24, 2.45) is 0 Å². The first-order valence-corrected chi connectivity index (χ1v) is 15.4. The first-order valence-electron chi connectivity index (χ1n) is 14.6. The maximum absolute atomic E-state index is 5.17. The zero-order valence-electron chi connectivity index (χ0n) is 23.8. The van der Waals surface area contributed by atoms with Crippen molar-refractivity contribution in [1.29, 1.82) is 0 Å². The quantitative estimate of drug-likeness (QED) is 0.168. The number of aromatic nitrogens is 4. The van der Waals surface area contributed by atoms with Gasteiger partial charge in [0.15, 0.2) is 0 Å². The summed E-state index contributed by atoms with van der Waals surface area (Å²) in [5, 5.41) is 9.55. The maximum atomic E-state index is 5.17. The van der Waals surface area contributed by atoms with Crippen molar-refractivity contribution < 1.29 is 20.1 Å². The smallest absolute Gasteiger partial charge is 0.0811 e. The molecule has 0 aliphatic rings. The third-order valence-electron chi connectivity index (χ3n) is 8.52. The van der Waals surface area contributed by atoms with Gasteiger partial charge in [0.25, 0.3) is 0 Å². The van der Waals surface area contributed by atoms with Crippen molar-refractivity contribution in [2.75, 3.05) is 0 Å². The molecule has 0 saturated heterocycles. The van der Waals surface area contributed by atoms with E-state index < -0.39 is 0 Å². The summed E-state index contributed by atoms with van der Waals surface area (Å²) in [6.07, 6.45) is 1.87. The Balaban J connectivity index is 0.00000289. The summed E-state index contributed by atoms with van der Waals surface area (Å²) in [5.74, 6) is 0. The van der Waals surface area contributed by atoms with Gasteiger partial charge in [0.2, 0.25) is 0 Å². The van der Waals surface area contributed by atoms with E-state index in [4.69, 9.17) is 4.98 Å². The van der Waals surface area contributed by atoms with Crippen LogP contribution in [0.25, 0.3) is 81.3 Å². The molecule has 9 aromatic rings. The van der Waals surface area contributed by atoms with Crippen LogP contribution in [0.5, 0.6) is 0 Å². The third-order valence-corrected chi connectivity index (χ3v) is 9.72. The number of thiophene rings is 1. The molecular weight excluding hydrogens is 737 g/mol. The molecule has 44 heavy (non-hydrogen) atoms. The molecule has 0 spiro atoms. The van der Waals surface area contributed by atoms with E-state index in [1.165, 1.54) is 42.3 Å². The Morgan fingerprint density at radius 3 is 2.30 bits per heavy atom. The molecule has 0 N–H and O–H groups in total. The van der Waals surface area contributed by atoms with Gasteiger partial charge < -0.3 is 4.57 Å². The van der Waals surface area contributed by atoms with E-state index in [1.54, 1.807) is 0 Å². The third kappa shape index (κ3) is 4.06. The molecule has 0 aliphatic heterocycles. The van der Waals surface area contributed by atoms with Crippen molar-refractivity contribution in [3.8, 4) is 33.0 Å².